The molecule has 4 heteroatoms. The minimum Gasteiger partial charge on any atom is -0.481 e. The van der Waals surface area contributed by atoms with Gasteiger partial charge in [0.05, 0.1) is 0 Å². The van der Waals surface area contributed by atoms with Crippen LogP contribution in [0.4, 0.5) is 0 Å². The highest BCUT2D eigenvalue weighted by atomic mass is 16.4. The number of allylic oxidation sites excluding steroid dienone is 3. The molecule has 16 heavy (non-hydrogen) atoms. The van der Waals surface area contributed by atoms with Gasteiger partial charge in [-0.2, -0.15) is 0 Å². The Balaban J connectivity index is 0. The Hall–Kier alpha value is -1.58. The molecule has 4 nitrogen and oxygen atoms in total. The number of carbonyl (C=O) groups is 2. The van der Waals surface area contributed by atoms with Crippen molar-refractivity contribution in [3.63, 3.8) is 0 Å². The molecule has 0 aliphatic rings. The lowest BCUT2D eigenvalue weighted by molar-refractivity contribution is -0.139. The van der Waals surface area contributed by atoms with Gasteiger partial charge in [0.25, 0.3) is 0 Å². The van der Waals surface area contributed by atoms with Crippen LogP contribution in [0.1, 0.15) is 39.0 Å². The number of hydrogen-bond acceptors (Lipinski definition) is 2. The zero-order valence-corrected chi connectivity index (χ0v) is 9.69. The lowest BCUT2D eigenvalue weighted by Gasteiger charge is -1.92. The fourth-order valence-corrected chi connectivity index (χ4v) is 0.785. The zero-order valence-electron chi connectivity index (χ0n) is 9.69. The van der Waals surface area contributed by atoms with E-state index in [0.717, 1.165) is 6.42 Å². The molecule has 0 aromatic rings. The Morgan fingerprint density at radius 2 is 1.56 bits per heavy atom. The summed E-state index contributed by atoms with van der Waals surface area (Å²) in [5.41, 5.74) is 0. The third-order valence-electron chi connectivity index (χ3n) is 1.54. The van der Waals surface area contributed by atoms with Gasteiger partial charge in [-0.25, -0.2) is 0 Å². The van der Waals surface area contributed by atoms with Crippen LogP contribution in [-0.2, 0) is 9.59 Å². The van der Waals surface area contributed by atoms with Crippen molar-refractivity contribution in [2.24, 2.45) is 0 Å². The van der Waals surface area contributed by atoms with Gasteiger partial charge in [0, 0.05) is 12.8 Å². The van der Waals surface area contributed by atoms with E-state index in [0.29, 0.717) is 12.8 Å². The summed E-state index contributed by atoms with van der Waals surface area (Å²) in [6.07, 6.45) is 7.91. The van der Waals surface area contributed by atoms with Crippen LogP contribution in [0.5, 0.6) is 0 Å². The van der Waals surface area contributed by atoms with Gasteiger partial charge in [0.2, 0.25) is 0 Å². The third-order valence-corrected chi connectivity index (χ3v) is 1.54. The van der Waals surface area contributed by atoms with Crippen LogP contribution in [0.15, 0.2) is 24.8 Å². The van der Waals surface area contributed by atoms with Gasteiger partial charge < -0.3 is 10.2 Å². The zero-order chi connectivity index (χ0) is 12.8. The van der Waals surface area contributed by atoms with E-state index in [9.17, 15) is 9.59 Å². The third kappa shape index (κ3) is 22.8. The molecule has 0 aromatic heterocycles. The molecule has 0 radical (unpaired) electrons. The highest BCUT2D eigenvalue weighted by Crippen LogP contribution is 1.98. The van der Waals surface area contributed by atoms with Crippen molar-refractivity contribution in [3.05, 3.63) is 24.8 Å². The number of rotatable bonds is 7. The van der Waals surface area contributed by atoms with Crippen molar-refractivity contribution in [1.29, 1.82) is 0 Å². The second kappa shape index (κ2) is 13.4. The van der Waals surface area contributed by atoms with E-state index in [1.807, 2.05) is 6.08 Å². The van der Waals surface area contributed by atoms with E-state index < -0.39 is 11.9 Å². The molecule has 0 aliphatic heterocycles. The summed E-state index contributed by atoms with van der Waals surface area (Å²) >= 11 is 0. The van der Waals surface area contributed by atoms with Crippen molar-refractivity contribution >= 4 is 11.9 Å². The van der Waals surface area contributed by atoms with E-state index in [1.165, 1.54) is 0 Å². The number of carboxylic acid groups (broad SMARTS) is 2. The van der Waals surface area contributed by atoms with Crippen LogP contribution in [-0.4, -0.2) is 22.2 Å². The van der Waals surface area contributed by atoms with E-state index in [-0.39, 0.29) is 12.8 Å². The van der Waals surface area contributed by atoms with Gasteiger partial charge in [0.1, 0.15) is 0 Å². The molecule has 0 amide bonds. The molecule has 0 saturated heterocycles. The number of carboxylic acids is 2. The lowest BCUT2D eigenvalue weighted by atomic mass is 10.2. The Bertz CT molecular complexity index is 215. The molecule has 0 rings (SSSR count). The molecule has 0 aliphatic carbocycles. The van der Waals surface area contributed by atoms with Crippen LogP contribution in [0.3, 0.4) is 0 Å². The molecular weight excluding hydrogens is 208 g/mol. The second-order valence-corrected chi connectivity index (χ2v) is 3.07. The summed E-state index contributed by atoms with van der Waals surface area (Å²) in [6.45, 7) is 5.61. The summed E-state index contributed by atoms with van der Waals surface area (Å²) in [5, 5.41) is 16.3. The first-order valence-electron chi connectivity index (χ1n) is 5.25. The van der Waals surface area contributed by atoms with Crippen LogP contribution < -0.4 is 0 Å². The fraction of sp³-hybridized carbons (Fsp3) is 0.500. The number of unbranched alkanes of at least 4 members (excludes halogenated alkanes) is 1. The monoisotopic (exact) mass is 228 g/mol. The van der Waals surface area contributed by atoms with Gasteiger partial charge in [-0.15, -0.1) is 0 Å². The van der Waals surface area contributed by atoms with Crippen LogP contribution in [0, 0.1) is 0 Å². The van der Waals surface area contributed by atoms with Crippen molar-refractivity contribution in [2.75, 3.05) is 0 Å². The average molecular weight is 228 g/mol. The topological polar surface area (TPSA) is 74.6 Å². The summed E-state index contributed by atoms with van der Waals surface area (Å²) in [4.78, 5) is 19.8. The standard InChI is InChI=1S/C6H10O4.C6H10/c7-5(8)3-1-2-4-6(9)10;1-3-5-6-4-2/h1-4H2,(H,7,8)(H,9,10);3,5-6H,1,4H2,2H3. The predicted octanol–water partition coefficient (Wildman–Crippen LogP) is 2.85. The van der Waals surface area contributed by atoms with Gasteiger partial charge in [0.15, 0.2) is 0 Å². The Morgan fingerprint density at radius 3 is 1.75 bits per heavy atom. The smallest absolute Gasteiger partial charge is 0.303 e. The maximum absolute atomic E-state index is 9.90. The second-order valence-electron chi connectivity index (χ2n) is 3.07. The minimum atomic E-state index is -0.870. The quantitative estimate of drug-likeness (QED) is 0.519. The molecule has 0 spiro atoms. The van der Waals surface area contributed by atoms with E-state index in [1.54, 1.807) is 6.08 Å². The summed E-state index contributed by atoms with van der Waals surface area (Å²) in [7, 11) is 0. The predicted molar refractivity (Wildman–Crippen MR) is 63.4 cm³/mol. The highest BCUT2D eigenvalue weighted by molar-refractivity contribution is 5.67. The van der Waals surface area contributed by atoms with Crippen LogP contribution in [0.25, 0.3) is 0 Å². The molecule has 0 heterocycles. The molecule has 0 fully saturated rings. The van der Waals surface area contributed by atoms with Crippen LogP contribution in [0.2, 0.25) is 0 Å². The van der Waals surface area contributed by atoms with E-state index in [2.05, 4.69) is 19.6 Å². The molecule has 0 bridgehead atoms. The summed E-state index contributed by atoms with van der Waals surface area (Å²) < 4.78 is 0. The van der Waals surface area contributed by atoms with Crippen molar-refractivity contribution in [2.45, 2.75) is 39.0 Å². The summed E-state index contributed by atoms with van der Waals surface area (Å²) in [6, 6.07) is 0. The molecule has 0 aromatic carbocycles. The van der Waals surface area contributed by atoms with Gasteiger partial charge >= 0.3 is 11.9 Å². The van der Waals surface area contributed by atoms with Gasteiger partial charge in [-0.05, 0) is 19.3 Å². The van der Waals surface area contributed by atoms with Gasteiger partial charge in [-0.1, -0.05) is 31.7 Å². The maximum atomic E-state index is 9.90. The molecule has 2 N–H and O–H groups in total. The fourth-order valence-electron chi connectivity index (χ4n) is 0.785. The molecular formula is C12H20O4. The Labute approximate surface area is 96.3 Å². The Kier molecular flexibility index (Phi) is 14.1. The normalized spacial score (nSPS) is 9.31. The van der Waals surface area contributed by atoms with E-state index in [4.69, 9.17) is 10.2 Å². The maximum Gasteiger partial charge on any atom is 0.303 e. The largest absolute Gasteiger partial charge is 0.481 e. The summed E-state index contributed by atoms with van der Waals surface area (Å²) in [5.74, 6) is -1.74. The lowest BCUT2D eigenvalue weighted by Crippen LogP contribution is -1.97. The van der Waals surface area contributed by atoms with Crippen molar-refractivity contribution in [1.82, 2.24) is 0 Å². The Morgan fingerprint density at radius 1 is 1.12 bits per heavy atom. The average Bonchev–Trinajstić information content (AvgIpc) is 2.22. The SMILES string of the molecule is C=CC=CCC.O=C(O)CCCCC(=O)O. The van der Waals surface area contributed by atoms with Crippen molar-refractivity contribution < 1.29 is 19.8 Å². The number of hydrogen-bond donors (Lipinski definition) is 2. The molecule has 0 atom stereocenters. The van der Waals surface area contributed by atoms with Gasteiger partial charge in [-0.3, -0.25) is 9.59 Å². The van der Waals surface area contributed by atoms with Crippen molar-refractivity contribution in [3.8, 4) is 0 Å². The first-order chi connectivity index (χ1) is 7.54. The highest BCUT2D eigenvalue weighted by Gasteiger charge is 1.99. The first-order valence-corrected chi connectivity index (χ1v) is 5.25. The molecule has 0 unspecified atom stereocenters. The molecule has 0 saturated carbocycles. The number of aliphatic carboxylic acids is 2. The van der Waals surface area contributed by atoms with Crippen LogP contribution >= 0.6 is 0 Å². The van der Waals surface area contributed by atoms with E-state index >= 15 is 0 Å². The minimum absolute atomic E-state index is 0.0628. The first kappa shape index (κ1) is 16.8. The molecule has 92 valence electrons.